The summed E-state index contributed by atoms with van der Waals surface area (Å²) in [5.74, 6) is 0.905. The smallest absolute Gasteiger partial charge is 0.173 e. The van der Waals surface area contributed by atoms with Crippen LogP contribution in [0.1, 0.15) is 60.9 Å². The molecule has 1 saturated heterocycles. The second-order valence-corrected chi connectivity index (χ2v) is 10.7. The summed E-state index contributed by atoms with van der Waals surface area (Å²) in [4.78, 5) is 5.16. The summed E-state index contributed by atoms with van der Waals surface area (Å²) in [7, 11) is 0. The second kappa shape index (κ2) is 10.3. The summed E-state index contributed by atoms with van der Waals surface area (Å²) >= 11 is 0. The third-order valence-electron chi connectivity index (χ3n) is 7.08. The van der Waals surface area contributed by atoms with Gasteiger partial charge in [-0.3, -0.25) is 9.80 Å². The van der Waals surface area contributed by atoms with E-state index in [2.05, 4.69) is 138 Å². The SMILES string of the molecule is Cc1ccc(C(c2nnnn2C(C)(C)C)N2CCN(C(c3ccccc3)c3ccccc3)CC2)cc1. The number of tetrazole rings is 1. The van der Waals surface area contributed by atoms with E-state index in [0.29, 0.717) is 0 Å². The molecule has 4 aromatic rings. The van der Waals surface area contributed by atoms with Gasteiger partial charge in [-0.2, -0.15) is 0 Å². The molecule has 186 valence electrons. The largest absolute Gasteiger partial charge is 0.290 e. The van der Waals surface area contributed by atoms with Crippen molar-refractivity contribution in [3.05, 3.63) is 113 Å². The quantitative estimate of drug-likeness (QED) is 0.378. The van der Waals surface area contributed by atoms with Crippen LogP contribution in [0.3, 0.4) is 0 Å². The molecule has 3 aromatic carbocycles. The summed E-state index contributed by atoms with van der Waals surface area (Å²) < 4.78 is 1.99. The van der Waals surface area contributed by atoms with Gasteiger partial charge in [-0.25, -0.2) is 4.68 Å². The molecule has 0 aliphatic carbocycles. The van der Waals surface area contributed by atoms with Crippen molar-refractivity contribution >= 4 is 0 Å². The third kappa shape index (κ3) is 5.11. The van der Waals surface area contributed by atoms with E-state index in [0.717, 1.165) is 32.0 Å². The van der Waals surface area contributed by atoms with Crippen LogP contribution in [-0.2, 0) is 5.54 Å². The van der Waals surface area contributed by atoms with Crippen LogP contribution in [0.25, 0.3) is 0 Å². The zero-order valence-corrected chi connectivity index (χ0v) is 21.7. The molecule has 1 aliphatic rings. The van der Waals surface area contributed by atoms with Crippen molar-refractivity contribution in [2.45, 2.75) is 45.3 Å². The zero-order valence-electron chi connectivity index (χ0n) is 21.7. The zero-order chi connectivity index (χ0) is 25.1. The fourth-order valence-electron chi connectivity index (χ4n) is 5.25. The summed E-state index contributed by atoms with van der Waals surface area (Å²) in [5, 5.41) is 13.0. The lowest BCUT2D eigenvalue weighted by atomic mass is 9.95. The third-order valence-corrected chi connectivity index (χ3v) is 7.08. The molecule has 0 amide bonds. The van der Waals surface area contributed by atoms with Crippen LogP contribution in [0.5, 0.6) is 0 Å². The number of nitrogens with zero attached hydrogens (tertiary/aromatic N) is 6. The molecule has 0 saturated carbocycles. The lowest BCUT2D eigenvalue weighted by Gasteiger charge is -2.42. The molecular weight excluding hydrogens is 444 g/mol. The van der Waals surface area contributed by atoms with Gasteiger partial charge in [0.05, 0.1) is 17.6 Å². The Morgan fingerprint density at radius 3 is 1.61 bits per heavy atom. The Kier molecular flexibility index (Phi) is 6.99. The minimum atomic E-state index is -0.199. The summed E-state index contributed by atoms with van der Waals surface area (Å²) in [5.41, 5.74) is 4.96. The Balaban J connectivity index is 1.44. The van der Waals surface area contributed by atoms with Crippen LogP contribution in [0.15, 0.2) is 84.9 Å². The number of aryl methyl sites for hydroxylation is 1. The van der Waals surface area contributed by atoms with Crippen molar-refractivity contribution in [3.63, 3.8) is 0 Å². The van der Waals surface area contributed by atoms with Crippen molar-refractivity contribution in [3.8, 4) is 0 Å². The van der Waals surface area contributed by atoms with E-state index in [9.17, 15) is 0 Å². The van der Waals surface area contributed by atoms with Gasteiger partial charge in [-0.1, -0.05) is 90.5 Å². The van der Waals surface area contributed by atoms with E-state index < -0.39 is 0 Å². The maximum absolute atomic E-state index is 4.55. The minimum Gasteiger partial charge on any atom is -0.290 e. The Hall–Kier alpha value is -3.35. The lowest BCUT2D eigenvalue weighted by Crippen LogP contribution is -2.49. The number of benzene rings is 3. The molecule has 36 heavy (non-hydrogen) atoms. The van der Waals surface area contributed by atoms with Gasteiger partial charge in [-0.05, 0) is 54.8 Å². The predicted molar refractivity (Wildman–Crippen MR) is 144 cm³/mol. The molecule has 1 atom stereocenters. The highest BCUT2D eigenvalue weighted by Crippen LogP contribution is 2.34. The van der Waals surface area contributed by atoms with Crippen LogP contribution < -0.4 is 0 Å². The van der Waals surface area contributed by atoms with Crippen molar-refractivity contribution < 1.29 is 0 Å². The number of hydrogen-bond acceptors (Lipinski definition) is 5. The summed E-state index contributed by atoms with van der Waals surface area (Å²) in [6.07, 6.45) is 0. The van der Waals surface area contributed by atoms with Gasteiger partial charge in [-0.15, -0.1) is 5.10 Å². The molecule has 6 nitrogen and oxygen atoms in total. The molecule has 0 N–H and O–H groups in total. The van der Waals surface area contributed by atoms with E-state index in [1.165, 1.54) is 22.3 Å². The normalized spacial score (nSPS) is 16.4. The standard InChI is InChI=1S/C30H36N6/c1-23-15-17-26(18-16-23)28(29-31-32-33-36(29)30(2,3)4)35-21-19-34(20-22-35)27(24-11-7-5-8-12-24)25-13-9-6-10-14-25/h5-18,27-28H,19-22H2,1-4H3. The highest BCUT2D eigenvalue weighted by Gasteiger charge is 2.35. The Morgan fingerprint density at radius 2 is 1.11 bits per heavy atom. The maximum Gasteiger partial charge on any atom is 0.173 e. The Labute approximate surface area is 214 Å². The number of hydrogen-bond donors (Lipinski definition) is 0. The van der Waals surface area contributed by atoms with Crippen molar-refractivity contribution in [2.75, 3.05) is 26.2 Å². The first kappa shape index (κ1) is 24.3. The molecule has 0 spiro atoms. The van der Waals surface area contributed by atoms with Gasteiger partial charge >= 0.3 is 0 Å². The average molecular weight is 481 g/mol. The van der Waals surface area contributed by atoms with Gasteiger partial charge in [0.25, 0.3) is 0 Å². The van der Waals surface area contributed by atoms with Crippen molar-refractivity contribution in [2.24, 2.45) is 0 Å². The second-order valence-electron chi connectivity index (χ2n) is 10.7. The molecule has 0 bridgehead atoms. The lowest BCUT2D eigenvalue weighted by molar-refractivity contribution is 0.0843. The van der Waals surface area contributed by atoms with E-state index in [1.54, 1.807) is 0 Å². The molecule has 1 fully saturated rings. The molecule has 1 aliphatic heterocycles. The highest BCUT2D eigenvalue weighted by atomic mass is 15.6. The van der Waals surface area contributed by atoms with E-state index in [1.807, 2.05) is 4.68 Å². The first-order chi connectivity index (χ1) is 17.4. The first-order valence-corrected chi connectivity index (χ1v) is 12.8. The van der Waals surface area contributed by atoms with Crippen LogP contribution >= 0.6 is 0 Å². The van der Waals surface area contributed by atoms with Crippen molar-refractivity contribution in [1.82, 2.24) is 30.0 Å². The van der Waals surface area contributed by atoms with E-state index >= 15 is 0 Å². The van der Waals surface area contributed by atoms with Gasteiger partial charge in [0, 0.05) is 26.2 Å². The monoisotopic (exact) mass is 480 g/mol. The van der Waals surface area contributed by atoms with Gasteiger partial charge < -0.3 is 0 Å². The fraction of sp³-hybridized carbons (Fsp3) is 0.367. The molecule has 5 rings (SSSR count). The van der Waals surface area contributed by atoms with Crippen LogP contribution in [0.4, 0.5) is 0 Å². The molecule has 1 unspecified atom stereocenters. The molecule has 0 radical (unpaired) electrons. The Morgan fingerprint density at radius 1 is 0.639 bits per heavy atom. The van der Waals surface area contributed by atoms with Gasteiger partial charge in [0.15, 0.2) is 5.82 Å². The summed E-state index contributed by atoms with van der Waals surface area (Å²) in [6, 6.07) is 30.8. The number of aromatic nitrogens is 4. The Bertz CT molecular complexity index is 1200. The van der Waals surface area contributed by atoms with Gasteiger partial charge in [0.2, 0.25) is 0 Å². The fourth-order valence-corrected chi connectivity index (χ4v) is 5.25. The molecule has 6 heteroatoms. The van der Waals surface area contributed by atoms with Crippen molar-refractivity contribution in [1.29, 1.82) is 0 Å². The average Bonchev–Trinajstić information content (AvgIpc) is 3.38. The first-order valence-electron chi connectivity index (χ1n) is 12.8. The van der Waals surface area contributed by atoms with Crippen LogP contribution in [0, 0.1) is 6.92 Å². The molecule has 2 heterocycles. The number of rotatable bonds is 6. The molecule has 1 aromatic heterocycles. The minimum absolute atomic E-state index is 0.00822. The number of piperazine rings is 1. The maximum atomic E-state index is 4.55. The van der Waals surface area contributed by atoms with Crippen LogP contribution in [-0.4, -0.2) is 56.2 Å². The highest BCUT2D eigenvalue weighted by molar-refractivity contribution is 5.32. The summed E-state index contributed by atoms with van der Waals surface area (Å²) in [6.45, 7) is 12.4. The molecular formula is C30H36N6. The topological polar surface area (TPSA) is 50.1 Å². The predicted octanol–water partition coefficient (Wildman–Crippen LogP) is 5.23. The van der Waals surface area contributed by atoms with E-state index in [4.69, 9.17) is 0 Å². The van der Waals surface area contributed by atoms with Gasteiger partial charge in [0.1, 0.15) is 0 Å². The van der Waals surface area contributed by atoms with E-state index in [-0.39, 0.29) is 17.6 Å². The van der Waals surface area contributed by atoms with Crippen LogP contribution in [0.2, 0.25) is 0 Å².